The Morgan fingerprint density at radius 3 is 2.38 bits per heavy atom. The molecule has 0 bridgehead atoms. The summed E-state index contributed by atoms with van der Waals surface area (Å²) in [5.74, 6) is 0.829. The fourth-order valence-corrected chi connectivity index (χ4v) is 3.83. The molecule has 136 valence electrons. The van der Waals surface area contributed by atoms with Crippen molar-refractivity contribution in [2.45, 2.75) is 11.4 Å². The summed E-state index contributed by atoms with van der Waals surface area (Å²) in [6.45, 7) is 0.173. The molecule has 7 nitrogen and oxygen atoms in total. The molecule has 0 spiro atoms. The van der Waals surface area contributed by atoms with Crippen molar-refractivity contribution in [1.29, 1.82) is 0 Å². The lowest BCUT2D eigenvalue weighted by molar-refractivity contribution is 0.354. The number of hydrogen-bond donors (Lipinski definition) is 1. The first kappa shape index (κ1) is 18.3. The topological polar surface area (TPSA) is 90.4 Å². The minimum Gasteiger partial charge on any atom is -0.493 e. The zero-order valence-electron chi connectivity index (χ0n) is 14.2. The molecule has 9 heteroatoms. The Morgan fingerprint density at radius 2 is 1.77 bits per heavy atom. The van der Waals surface area contributed by atoms with Crippen LogP contribution in [0.15, 0.2) is 52.7 Å². The molecule has 0 fully saturated rings. The van der Waals surface area contributed by atoms with Gasteiger partial charge in [0.2, 0.25) is 10.0 Å². The summed E-state index contributed by atoms with van der Waals surface area (Å²) in [7, 11) is -0.721. The largest absolute Gasteiger partial charge is 0.493 e. The predicted molar refractivity (Wildman–Crippen MR) is 98.9 cm³/mol. The van der Waals surface area contributed by atoms with Crippen molar-refractivity contribution in [3.8, 4) is 22.8 Å². The van der Waals surface area contributed by atoms with Gasteiger partial charge in [-0.15, -0.1) is 5.10 Å². The Bertz CT molecular complexity index is 972. The highest BCUT2D eigenvalue weighted by atomic mass is 32.2. The van der Waals surface area contributed by atoms with E-state index < -0.39 is 10.0 Å². The minimum absolute atomic E-state index is 0.111. The Kier molecular flexibility index (Phi) is 5.50. The van der Waals surface area contributed by atoms with Gasteiger partial charge in [-0.25, -0.2) is 13.1 Å². The van der Waals surface area contributed by atoms with Crippen LogP contribution in [0.1, 0.15) is 5.56 Å². The second-order valence-electron chi connectivity index (χ2n) is 5.33. The van der Waals surface area contributed by atoms with Crippen LogP contribution in [0.4, 0.5) is 0 Å². The third-order valence-corrected chi connectivity index (χ3v) is 5.64. The lowest BCUT2D eigenvalue weighted by Gasteiger charge is -2.11. The number of ether oxygens (including phenoxy) is 2. The van der Waals surface area contributed by atoms with E-state index in [-0.39, 0.29) is 11.4 Å². The quantitative estimate of drug-likeness (QED) is 0.666. The average Bonchev–Trinajstić information content (AvgIpc) is 3.21. The Labute approximate surface area is 155 Å². The van der Waals surface area contributed by atoms with Gasteiger partial charge in [0.15, 0.2) is 11.5 Å². The van der Waals surface area contributed by atoms with E-state index in [4.69, 9.17) is 9.47 Å². The van der Waals surface area contributed by atoms with Gasteiger partial charge in [-0.2, -0.15) is 0 Å². The average molecular weight is 391 g/mol. The van der Waals surface area contributed by atoms with Crippen molar-refractivity contribution in [2.24, 2.45) is 0 Å². The van der Waals surface area contributed by atoms with Crippen LogP contribution in [0.2, 0.25) is 0 Å². The van der Waals surface area contributed by atoms with Crippen molar-refractivity contribution in [2.75, 3.05) is 14.2 Å². The molecular formula is C17H17N3O4S2. The Hall–Kier alpha value is -2.49. The van der Waals surface area contributed by atoms with Gasteiger partial charge in [-0.3, -0.25) is 0 Å². The number of nitrogens with one attached hydrogen (secondary N) is 1. The molecule has 0 aliphatic carbocycles. The Morgan fingerprint density at radius 1 is 1.04 bits per heavy atom. The van der Waals surface area contributed by atoms with Crippen molar-refractivity contribution in [1.82, 2.24) is 14.3 Å². The van der Waals surface area contributed by atoms with Crippen LogP contribution in [-0.2, 0) is 16.6 Å². The highest BCUT2D eigenvalue weighted by Gasteiger charge is 2.16. The molecule has 1 heterocycles. The van der Waals surface area contributed by atoms with Gasteiger partial charge < -0.3 is 9.47 Å². The molecule has 0 saturated heterocycles. The van der Waals surface area contributed by atoms with Crippen LogP contribution in [0, 0.1) is 0 Å². The first-order valence-electron chi connectivity index (χ1n) is 7.61. The summed E-state index contributed by atoms with van der Waals surface area (Å²) in [6.07, 6.45) is 0. The molecule has 0 aliphatic heterocycles. The van der Waals surface area contributed by atoms with Crippen molar-refractivity contribution >= 4 is 21.6 Å². The minimum atomic E-state index is -3.68. The molecule has 3 aromatic rings. The maximum absolute atomic E-state index is 12.5. The maximum Gasteiger partial charge on any atom is 0.241 e. The smallest absolute Gasteiger partial charge is 0.241 e. The molecular weight excluding hydrogens is 374 g/mol. The summed E-state index contributed by atoms with van der Waals surface area (Å²) in [5.41, 5.74) is 2.57. The van der Waals surface area contributed by atoms with E-state index in [9.17, 15) is 8.42 Å². The fourth-order valence-electron chi connectivity index (χ4n) is 2.33. The second-order valence-corrected chi connectivity index (χ2v) is 7.71. The highest BCUT2D eigenvalue weighted by molar-refractivity contribution is 7.89. The fraction of sp³-hybridized carbons (Fsp3) is 0.176. The first-order chi connectivity index (χ1) is 12.5. The number of benzene rings is 2. The van der Waals surface area contributed by atoms with E-state index in [1.807, 2.05) is 29.6 Å². The summed E-state index contributed by atoms with van der Waals surface area (Å²) >= 11 is 1.28. The van der Waals surface area contributed by atoms with Gasteiger partial charge >= 0.3 is 0 Å². The molecule has 1 N–H and O–H groups in total. The second kappa shape index (κ2) is 7.81. The number of nitrogens with zero attached hydrogens (tertiary/aromatic N) is 2. The van der Waals surface area contributed by atoms with E-state index >= 15 is 0 Å². The van der Waals surface area contributed by atoms with Crippen molar-refractivity contribution in [3.63, 3.8) is 0 Å². The molecule has 26 heavy (non-hydrogen) atoms. The lowest BCUT2D eigenvalue weighted by atomic mass is 10.1. The summed E-state index contributed by atoms with van der Waals surface area (Å²) < 4.78 is 41.7. The number of aromatic nitrogens is 2. The SMILES string of the molecule is COc1ccc(S(=O)(=O)NCc2ccc(-c3csnn3)cc2)cc1OC. The van der Waals surface area contributed by atoms with Gasteiger partial charge in [0.25, 0.3) is 0 Å². The number of rotatable bonds is 7. The first-order valence-corrected chi connectivity index (χ1v) is 9.93. The summed E-state index contributed by atoms with van der Waals surface area (Å²) in [4.78, 5) is 0.111. The number of methoxy groups -OCH3 is 2. The van der Waals surface area contributed by atoms with Crippen LogP contribution in [-0.4, -0.2) is 32.2 Å². The molecule has 0 aliphatic rings. The molecule has 0 unspecified atom stereocenters. The van der Waals surface area contributed by atoms with Crippen LogP contribution in [0.3, 0.4) is 0 Å². The van der Waals surface area contributed by atoms with Crippen LogP contribution >= 0.6 is 11.5 Å². The molecule has 2 aromatic carbocycles. The van der Waals surface area contributed by atoms with Crippen molar-refractivity contribution in [3.05, 3.63) is 53.4 Å². The third-order valence-electron chi connectivity index (χ3n) is 3.74. The standard InChI is InChI=1S/C17H17N3O4S2/c1-23-16-8-7-14(9-17(16)24-2)26(21,22)18-10-12-3-5-13(6-4-12)15-11-25-20-19-15/h3-9,11,18H,10H2,1-2H3. The van der Waals surface area contributed by atoms with Crippen LogP contribution in [0.25, 0.3) is 11.3 Å². The number of hydrogen-bond acceptors (Lipinski definition) is 7. The molecule has 0 saturated carbocycles. The van der Waals surface area contributed by atoms with Crippen LogP contribution in [0.5, 0.6) is 11.5 Å². The summed E-state index contributed by atoms with van der Waals surface area (Å²) in [6, 6.07) is 11.9. The predicted octanol–water partition coefficient (Wildman–Crippen LogP) is 2.70. The van der Waals surface area contributed by atoms with Crippen molar-refractivity contribution < 1.29 is 17.9 Å². The normalized spacial score (nSPS) is 11.3. The van der Waals surface area contributed by atoms with E-state index in [2.05, 4.69) is 14.3 Å². The molecule has 1 aromatic heterocycles. The van der Waals surface area contributed by atoms with E-state index in [0.717, 1.165) is 16.8 Å². The monoisotopic (exact) mass is 391 g/mol. The van der Waals surface area contributed by atoms with Gasteiger partial charge in [-0.1, -0.05) is 28.8 Å². The van der Waals surface area contributed by atoms with E-state index in [0.29, 0.717) is 11.5 Å². The Balaban J connectivity index is 1.72. The molecule has 0 atom stereocenters. The van der Waals surface area contributed by atoms with Gasteiger partial charge in [0, 0.05) is 23.6 Å². The van der Waals surface area contributed by atoms with E-state index in [1.54, 1.807) is 6.07 Å². The molecule has 0 radical (unpaired) electrons. The zero-order valence-corrected chi connectivity index (χ0v) is 15.8. The third kappa shape index (κ3) is 4.01. The zero-order chi connectivity index (χ0) is 18.6. The number of sulfonamides is 1. The van der Waals surface area contributed by atoms with Crippen LogP contribution < -0.4 is 14.2 Å². The summed E-state index contributed by atoms with van der Waals surface area (Å²) in [5, 5.41) is 5.86. The maximum atomic E-state index is 12.5. The van der Waals surface area contributed by atoms with Gasteiger partial charge in [0.1, 0.15) is 5.69 Å². The molecule has 3 rings (SSSR count). The highest BCUT2D eigenvalue weighted by Crippen LogP contribution is 2.29. The lowest BCUT2D eigenvalue weighted by Crippen LogP contribution is -2.23. The molecule has 0 amide bonds. The van der Waals surface area contributed by atoms with Gasteiger partial charge in [0.05, 0.1) is 19.1 Å². The van der Waals surface area contributed by atoms with Gasteiger partial charge in [-0.05, 0) is 29.2 Å². The van der Waals surface area contributed by atoms with E-state index in [1.165, 1.54) is 37.9 Å².